The molecular formula is C27H44O4Si. The summed E-state index contributed by atoms with van der Waals surface area (Å²) < 4.78 is 12.6. The van der Waals surface area contributed by atoms with Crippen LogP contribution in [-0.4, -0.2) is 32.8 Å². The largest absolute Gasteiger partial charge is 0.462 e. The van der Waals surface area contributed by atoms with Crippen LogP contribution in [0.4, 0.5) is 0 Å². The maximum atomic E-state index is 12.8. The van der Waals surface area contributed by atoms with E-state index in [1.54, 1.807) is 0 Å². The van der Waals surface area contributed by atoms with Gasteiger partial charge in [0.15, 0.2) is 8.32 Å². The van der Waals surface area contributed by atoms with E-state index >= 15 is 0 Å². The van der Waals surface area contributed by atoms with E-state index in [-0.39, 0.29) is 27.9 Å². The van der Waals surface area contributed by atoms with Crippen LogP contribution < -0.4 is 0 Å². The van der Waals surface area contributed by atoms with Crippen molar-refractivity contribution in [3.05, 3.63) is 11.6 Å². The Bertz CT molecular complexity index is 809. The molecule has 4 rings (SSSR count). The van der Waals surface area contributed by atoms with Crippen molar-refractivity contribution in [2.75, 3.05) is 6.61 Å². The van der Waals surface area contributed by atoms with Crippen LogP contribution in [-0.2, 0) is 18.8 Å². The number of carbonyl (C=O) groups is 2. The fourth-order valence-corrected chi connectivity index (χ4v) is 8.38. The standard InChI is InChI=1S/C27H44O4Si/c1-18(28)31-20-12-15-27(17-30-32(6,7)25(2,3)4)19(16-20)8-9-21-22-10-11-24(29)26(22,5)14-13-23(21)27/h8,20-23H,9-17H2,1-7H3. The molecule has 6 unspecified atom stereocenters. The maximum Gasteiger partial charge on any atom is 0.302 e. The second kappa shape index (κ2) is 8.08. The van der Waals surface area contributed by atoms with Gasteiger partial charge in [-0.25, -0.2) is 0 Å². The summed E-state index contributed by atoms with van der Waals surface area (Å²) in [6, 6.07) is 0. The number of carbonyl (C=O) groups excluding carboxylic acids is 2. The molecule has 3 fully saturated rings. The minimum atomic E-state index is -1.89. The molecule has 0 heterocycles. The number of ether oxygens (including phenoxy) is 1. The Labute approximate surface area is 196 Å². The predicted octanol–water partition coefficient (Wildman–Crippen LogP) is 6.45. The Morgan fingerprint density at radius 3 is 2.53 bits per heavy atom. The third kappa shape index (κ3) is 3.85. The lowest BCUT2D eigenvalue weighted by Gasteiger charge is -2.58. The molecule has 4 aliphatic rings. The number of rotatable bonds is 4. The lowest BCUT2D eigenvalue weighted by atomic mass is 9.47. The number of allylic oxidation sites excluding steroid dienone is 1. The molecule has 0 saturated heterocycles. The first-order chi connectivity index (χ1) is 14.8. The van der Waals surface area contributed by atoms with Crippen molar-refractivity contribution in [2.24, 2.45) is 28.6 Å². The van der Waals surface area contributed by atoms with Crippen LogP contribution in [0.15, 0.2) is 11.6 Å². The second-order valence-electron chi connectivity index (χ2n) is 12.9. The van der Waals surface area contributed by atoms with Crippen LogP contribution in [0.1, 0.15) is 86.0 Å². The van der Waals surface area contributed by atoms with E-state index in [1.807, 2.05) is 0 Å². The van der Waals surface area contributed by atoms with Crippen LogP contribution in [0.3, 0.4) is 0 Å². The van der Waals surface area contributed by atoms with E-state index in [4.69, 9.17) is 9.16 Å². The lowest BCUT2D eigenvalue weighted by Crippen LogP contribution is -2.55. The van der Waals surface area contributed by atoms with Gasteiger partial charge in [-0.1, -0.05) is 39.3 Å². The molecule has 0 aromatic heterocycles. The van der Waals surface area contributed by atoms with Gasteiger partial charge < -0.3 is 9.16 Å². The van der Waals surface area contributed by atoms with E-state index in [0.717, 1.165) is 58.0 Å². The Kier molecular flexibility index (Phi) is 6.10. The number of hydrogen-bond donors (Lipinski definition) is 0. The average molecular weight is 461 g/mol. The van der Waals surface area contributed by atoms with Gasteiger partial charge >= 0.3 is 5.97 Å². The summed E-state index contributed by atoms with van der Waals surface area (Å²) in [4.78, 5) is 24.4. The summed E-state index contributed by atoms with van der Waals surface area (Å²) in [5.74, 6) is 2.00. The molecule has 0 aromatic rings. The number of Topliss-reactive ketones (excluding diaryl/α,β-unsaturated/α-hetero) is 1. The van der Waals surface area contributed by atoms with Crippen molar-refractivity contribution in [2.45, 2.75) is 110 Å². The number of fused-ring (bicyclic) bond motifs is 5. The first kappa shape index (κ1) is 24.2. The fourth-order valence-electron chi connectivity index (χ4n) is 7.32. The SMILES string of the molecule is CC(=O)OC1CCC2(CO[Si](C)(C)C(C)(C)C)C(=CCC3C4CCC(=O)C4(C)CCC32)C1. The molecule has 0 aromatic carbocycles. The van der Waals surface area contributed by atoms with E-state index in [1.165, 1.54) is 12.5 Å². The summed E-state index contributed by atoms with van der Waals surface area (Å²) in [6.07, 6.45) is 10.3. The molecule has 0 aliphatic heterocycles. The van der Waals surface area contributed by atoms with Gasteiger partial charge in [-0.15, -0.1) is 0 Å². The molecule has 0 spiro atoms. The Morgan fingerprint density at radius 2 is 1.88 bits per heavy atom. The zero-order valence-corrected chi connectivity index (χ0v) is 22.4. The molecular weight excluding hydrogens is 416 g/mol. The quantitative estimate of drug-likeness (QED) is 0.275. The van der Waals surface area contributed by atoms with E-state index in [9.17, 15) is 9.59 Å². The summed E-state index contributed by atoms with van der Waals surface area (Å²) in [7, 11) is -1.89. The minimum absolute atomic E-state index is 0.00166. The third-order valence-electron chi connectivity index (χ3n) is 10.3. The van der Waals surface area contributed by atoms with Crippen LogP contribution >= 0.6 is 0 Å². The summed E-state index contributed by atoms with van der Waals surface area (Å²) in [5.41, 5.74) is 1.41. The van der Waals surface area contributed by atoms with Crippen molar-refractivity contribution in [3.8, 4) is 0 Å². The number of esters is 1. The molecule has 5 heteroatoms. The highest BCUT2D eigenvalue weighted by Gasteiger charge is 2.60. The van der Waals surface area contributed by atoms with Crippen LogP contribution in [0.5, 0.6) is 0 Å². The van der Waals surface area contributed by atoms with Crippen molar-refractivity contribution >= 4 is 20.1 Å². The first-order valence-corrected chi connectivity index (χ1v) is 15.7. The van der Waals surface area contributed by atoms with Gasteiger partial charge in [0.2, 0.25) is 0 Å². The van der Waals surface area contributed by atoms with Crippen LogP contribution in [0, 0.1) is 28.6 Å². The van der Waals surface area contributed by atoms with Gasteiger partial charge in [0.25, 0.3) is 0 Å². The van der Waals surface area contributed by atoms with E-state index in [2.05, 4.69) is 46.9 Å². The summed E-state index contributed by atoms with van der Waals surface area (Å²) in [5, 5.41) is 0.180. The van der Waals surface area contributed by atoms with Crippen LogP contribution in [0.25, 0.3) is 0 Å². The Hall–Kier alpha value is -0.943. The molecule has 180 valence electrons. The van der Waals surface area contributed by atoms with E-state index < -0.39 is 8.32 Å². The molecule has 32 heavy (non-hydrogen) atoms. The van der Waals surface area contributed by atoms with Crippen LogP contribution in [0.2, 0.25) is 18.1 Å². The first-order valence-electron chi connectivity index (χ1n) is 12.8. The third-order valence-corrected chi connectivity index (χ3v) is 14.8. The molecule has 0 bridgehead atoms. The predicted molar refractivity (Wildman–Crippen MR) is 130 cm³/mol. The molecule has 4 aliphatic carbocycles. The van der Waals surface area contributed by atoms with E-state index in [0.29, 0.717) is 23.5 Å². The smallest absolute Gasteiger partial charge is 0.302 e. The maximum absolute atomic E-state index is 12.8. The lowest BCUT2D eigenvalue weighted by molar-refractivity contribution is -0.149. The normalized spacial score (nSPS) is 39.6. The Balaban J connectivity index is 1.66. The van der Waals surface area contributed by atoms with Gasteiger partial charge in [0, 0.05) is 37.2 Å². The zero-order chi connectivity index (χ0) is 23.5. The van der Waals surface area contributed by atoms with Gasteiger partial charge in [-0.2, -0.15) is 0 Å². The molecule has 4 nitrogen and oxygen atoms in total. The molecule has 3 saturated carbocycles. The monoisotopic (exact) mass is 460 g/mol. The van der Waals surface area contributed by atoms with Crippen molar-refractivity contribution in [1.29, 1.82) is 0 Å². The van der Waals surface area contributed by atoms with Crippen molar-refractivity contribution < 1.29 is 18.8 Å². The molecule has 6 atom stereocenters. The topological polar surface area (TPSA) is 52.6 Å². The highest BCUT2D eigenvalue weighted by Crippen LogP contribution is 2.64. The highest BCUT2D eigenvalue weighted by atomic mass is 28.4. The zero-order valence-electron chi connectivity index (χ0n) is 21.4. The number of hydrogen-bond acceptors (Lipinski definition) is 4. The highest BCUT2D eigenvalue weighted by molar-refractivity contribution is 6.74. The fraction of sp³-hybridized carbons (Fsp3) is 0.852. The Morgan fingerprint density at radius 1 is 1.16 bits per heavy atom. The average Bonchev–Trinajstić information content (AvgIpc) is 3.00. The van der Waals surface area contributed by atoms with Gasteiger partial charge in [-0.05, 0) is 74.4 Å². The van der Waals surface area contributed by atoms with Gasteiger partial charge in [0.05, 0.1) is 0 Å². The van der Waals surface area contributed by atoms with Gasteiger partial charge in [0.1, 0.15) is 11.9 Å². The van der Waals surface area contributed by atoms with Gasteiger partial charge in [-0.3, -0.25) is 9.59 Å². The summed E-state index contributed by atoms with van der Waals surface area (Å²) >= 11 is 0. The molecule has 0 amide bonds. The molecule has 0 radical (unpaired) electrons. The summed E-state index contributed by atoms with van der Waals surface area (Å²) in [6.45, 7) is 16.2. The second-order valence-corrected chi connectivity index (χ2v) is 17.7. The minimum Gasteiger partial charge on any atom is -0.462 e. The number of ketones is 1. The van der Waals surface area contributed by atoms with Crippen molar-refractivity contribution in [3.63, 3.8) is 0 Å². The van der Waals surface area contributed by atoms with Crippen molar-refractivity contribution in [1.82, 2.24) is 0 Å². The molecule has 0 N–H and O–H groups in total.